The van der Waals surface area contributed by atoms with Crippen LogP contribution in [0.5, 0.6) is 0 Å². The topological polar surface area (TPSA) is 27.3 Å². The Labute approximate surface area is 100 Å². The lowest BCUT2D eigenvalue weighted by Crippen LogP contribution is -3.00. The van der Waals surface area contributed by atoms with Crippen molar-refractivity contribution in [3.05, 3.63) is 41.7 Å². The van der Waals surface area contributed by atoms with Crippen molar-refractivity contribution in [1.82, 2.24) is 0 Å². The van der Waals surface area contributed by atoms with Gasteiger partial charge in [0.1, 0.15) is 11.3 Å². The van der Waals surface area contributed by atoms with Gasteiger partial charge in [-0.15, -0.1) is 0 Å². The minimum Gasteiger partial charge on any atom is -1.00 e. The molecule has 3 heteroatoms. The quantitative estimate of drug-likeness (QED) is 0.536. The average molecular weight is 234 g/mol. The number of nitrogens with one attached hydrogen (secondary N) is 1. The highest BCUT2D eigenvalue weighted by molar-refractivity contribution is 5.93. The van der Waals surface area contributed by atoms with Crippen LogP contribution in [0.3, 0.4) is 0 Å². The number of aromatic nitrogens is 1. The van der Waals surface area contributed by atoms with Crippen molar-refractivity contribution < 1.29 is 21.8 Å². The second-order valence-electron chi connectivity index (χ2n) is 3.91. The van der Waals surface area contributed by atoms with E-state index in [1.807, 2.05) is 13.0 Å². The maximum atomic E-state index is 5.67. The van der Waals surface area contributed by atoms with Crippen molar-refractivity contribution in [1.29, 1.82) is 0 Å². The summed E-state index contributed by atoms with van der Waals surface area (Å²) in [5, 5.41) is 1.23. The van der Waals surface area contributed by atoms with Gasteiger partial charge in [0.15, 0.2) is 0 Å². The van der Waals surface area contributed by atoms with Gasteiger partial charge in [0.25, 0.3) is 0 Å². The summed E-state index contributed by atoms with van der Waals surface area (Å²) in [7, 11) is 0. The minimum atomic E-state index is 0. The summed E-state index contributed by atoms with van der Waals surface area (Å²) in [6.07, 6.45) is 0. The molecule has 3 rings (SSSR count). The number of halogens is 1. The van der Waals surface area contributed by atoms with E-state index >= 15 is 0 Å². The van der Waals surface area contributed by atoms with Gasteiger partial charge in [0.2, 0.25) is 5.52 Å². The largest absolute Gasteiger partial charge is 1.00 e. The summed E-state index contributed by atoms with van der Waals surface area (Å²) in [4.78, 5) is 3.29. The predicted molar refractivity (Wildman–Crippen MR) is 58.9 cm³/mol. The number of para-hydroxylation sites is 1. The molecule has 0 unspecified atom stereocenters. The lowest BCUT2D eigenvalue weighted by Gasteiger charge is -1.99. The van der Waals surface area contributed by atoms with Crippen LogP contribution in [0, 0.1) is 13.8 Å². The van der Waals surface area contributed by atoms with Crippen LogP contribution in [0.4, 0.5) is 0 Å². The third-order valence-corrected chi connectivity index (χ3v) is 2.75. The molecule has 1 aromatic rings. The minimum absolute atomic E-state index is 0. The lowest BCUT2D eigenvalue weighted by molar-refractivity contribution is -0.343. The first kappa shape index (κ1) is 11.0. The van der Waals surface area contributed by atoms with E-state index in [0.29, 0.717) is 0 Å². The summed E-state index contributed by atoms with van der Waals surface area (Å²) in [5.41, 5.74) is 3.58. The SMILES string of the molecule is Cc1cc(C)c2c3ccccc3[nH+]c-2o1.[Cl-]. The first-order valence-electron chi connectivity index (χ1n) is 5.06. The summed E-state index contributed by atoms with van der Waals surface area (Å²) < 4.78 is 5.67. The molecule has 0 aromatic heterocycles. The van der Waals surface area contributed by atoms with Crippen LogP contribution >= 0.6 is 0 Å². The maximum absolute atomic E-state index is 5.67. The van der Waals surface area contributed by atoms with Gasteiger partial charge in [0, 0.05) is 6.07 Å². The summed E-state index contributed by atoms with van der Waals surface area (Å²) in [6.45, 7) is 4.09. The first-order valence-corrected chi connectivity index (χ1v) is 5.06. The van der Waals surface area contributed by atoms with Gasteiger partial charge in [-0.25, -0.2) is 0 Å². The summed E-state index contributed by atoms with van der Waals surface area (Å²) in [6, 6.07) is 10.3. The highest BCUT2D eigenvalue weighted by atomic mass is 35.5. The van der Waals surface area contributed by atoms with E-state index in [2.05, 4.69) is 36.2 Å². The van der Waals surface area contributed by atoms with Gasteiger partial charge in [-0.1, -0.05) is 12.1 Å². The number of hydrogen-bond donors (Lipinski definition) is 0. The van der Waals surface area contributed by atoms with E-state index in [4.69, 9.17) is 4.42 Å². The Kier molecular flexibility index (Phi) is 2.60. The highest BCUT2D eigenvalue weighted by Crippen LogP contribution is 2.31. The van der Waals surface area contributed by atoms with Crippen LogP contribution in [0.1, 0.15) is 11.3 Å². The number of aryl methyl sites for hydroxylation is 2. The van der Waals surface area contributed by atoms with Crippen LogP contribution in [0.15, 0.2) is 34.7 Å². The molecular weight excluding hydrogens is 222 g/mol. The molecule has 2 nitrogen and oxygen atoms in total. The Balaban J connectivity index is 0.000000963. The molecule has 1 N–H and O–H groups in total. The summed E-state index contributed by atoms with van der Waals surface area (Å²) >= 11 is 0. The number of fused-ring (bicyclic) bond motifs is 3. The Hall–Kier alpha value is -1.54. The van der Waals surface area contributed by atoms with Crippen LogP contribution in [-0.4, -0.2) is 0 Å². The number of benzene rings is 1. The van der Waals surface area contributed by atoms with Gasteiger partial charge >= 0.3 is 5.89 Å². The summed E-state index contributed by atoms with van der Waals surface area (Å²) in [5.74, 6) is 1.81. The third-order valence-electron chi connectivity index (χ3n) is 2.75. The van der Waals surface area contributed by atoms with Crippen molar-refractivity contribution in [2.24, 2.45) is 0 Å². The van der Waals surface area contributed by atoms with E-state index < -0.39 is 0 Å². The normalized spacial score (nSPS) is 10.6. The Morgan fingerprint density at radius 1 is 1.12 bits per heavy atom. The fraction of sp³-hybridized carbons (Fsp3) is 0.154. The lowest BCUT2D eigenvalue weighted by atomic mass is 10.1. The van der Waals surface area contributed by atoms with Crippen molar-refractivity contribution >= 4 is 10.9 Å². The molecule has 0 atom stereocenters. The Morgan fingerprint density at radius 2 is 1.88 bits per heavy atom. The molecule has 0 aliphatic carbocycles. The molecule has 2 aliphatic heterocycles. The van der Waals surface area contributed by atoms with E-state index in [-0.39, 0.29) is 12.4 Å². The number of aromatic amines is 1. The molecule has 0 fully saturated rings. The molecule has 0 bridgehead atoms. The zero-order valence-electron chi connectivity index (χ0n) is 9.17. The second kappa shape index (κ2) is 3.80. The van der Waals surface area contributed by atoms with Crippen LogP contribution in [0.2, 0.25) is 0 Å². The molecular formula is C13H12ClNO. The maximum Gasteiger partial charge on any atom is 0.380 e. The Bertz CT molecular complexity index is 615. The zero-order valence-corrected chi connectivity index (χ0v) is 9.93. The fourth-order valence-electron chi connectivity index (χ4n) is 2.15. The molecule has 0 saturated heterocycles. The number of H-pyrrole nitrogens is 1. The van der Waals surface area contributed by atoms with Gasteiger partial charge in [-0.3, -0.25) is 0 Å². The van der Waals surface area contributed by atoms with Crippen molar-refractivity contribution in [2.75, 3.05) is 0 Å². The molecule has 2 aliphatic rings. The average Bonchev–Trinajstić information content (AvgIpc) is 2.54. The first-order chi connectivity index (χ1) is 7.25. The molecule has 0 radical (unpaired) electrons. The van der Waals surface area contributed by atoms with Crippen molar-refractivity contribution in [3.63, 3.8) is 0 Å². The fourth-order valence-corrected chi connectivity index (χ4v) is 2.15. The molecule has 0 saturated carbocycles. The smallest absolute Gasteiger partial charge is 0.380 e. The predicted octanol–water partition coefficient (Wildman–Crippen LogP) is -0.0275. The number of rotatable bonds is 0. The molecule has 82 valence electrons. The van der Waals surface area contributed by atoms with Gasteiger partial charge in [0.05, 0.1) is 5.39 Å². The number of hydrogen-bond acceptors (Lipinski definition) is 1. The molecule has 0 spiro atoms. The molecule has 1 aromatic carbocycles. The zero-order chi connectivity index (χ0) is 10.4. The van der Waals surface area contributed by atoms with Crippen molar-refractivity contribution in [2.45, 2.75) is 13.8 Å². The second-order valence-corrected chi connectivity index (χ2v) is 3.91. The molecule has 16 heavy (non-hydrogen) atoms. The monoisotopic (exact) mass is 233 g/mol. The van der Waals surface area contributed by atoms with E-state index in [1.54, 1.807) is 0 Å². The van der Waals surface area contributed by atoms with Gasteiger partial charge in [-0.05, 0) is 31.5 Å². The van der Waals surface area contributed by atoms with Crippen molar-refractivity contribution in [3.8, 4) is 11.5 Å². The van der Waals surface area contributed by atoms with Crippen LogP contribution in [0.25, 0.3) is 22.4 Å². The highest BCUT2D eigenvalue weighted by Gasteiger charge is 2.23. The van der Waals surface area contributed by atoms with Gasteiger partial charge < -0.3 is 16.8 Å². The van der Waals surface area contributed by atoms with E-state index in [0.717, 1.165) is 17.2 Å². The van der Waals surface area contributed by atoms with Crippen LogP contribution in [-0.2, 0) is 0 Å². The molecule has 2 heterocycles. The standard InChI is InChI=1S/C13H11NO.ClH/c1-8-7-9(2)15-13-12(8)10-5-3-4-6-11(10)14-13;/h3-7H,1-2H3;1H. The molecule has 0 amide bonds. The Morgan fingerprint density at radius 3 is 2.69 bits per heavy atom. The van der Waals surface area contributed by atoms with Crippen LogP contribution < -0.4 is 17.4 Å². The third kappa shape index (κ3) is 1.46. The van der Waals surface area contributed by atoms with Gasteiger partial charge in [-0.2, -0.15) is 4.98 Å². The van der Waals surface area contributed by atoms with E-state index in [1.165, 1.54) is 16.5 Å². The van der Waals surface area contributed by atoms with E-state index in [9.17, 15) is 0 Å².